The molecule has 3 aromatic rings. The van der Waals surface area contributed by atoms with Crippen molar-refractivity contribution in [1.29, 1.82) is 0 Å². The zero-order valence-electron chi connectivity index (χ0n) is 12.4. The molecule has 0 spiro atoms. The molecule has 0 bridgehead atoms. The lowest BCUT2D eigenvalue weighted by atomic mass is 10.2. The van der Waals surface area contributed by atoms with Crippen LogP contribution in [0.5, 0.6) is 0 Å². The molecule has 0 N–H and O–H groups in total. The largest absolute Gasteiger partial charge is 0.333 e. The molecular formula is C16H15FN4OS. The highest BCUT2D eigenvalue weighted by Crippen LogP contribution is 2.29. The fourth-order valence-corrected chi connectivity index (χ4v) is 4.08. The molecule has 1 aliphatic heterocycles. The van der Waals surface area contributed by atoms with Crippen LogP contribution in [0.1, 0.15) is 22.5 Å². The topological polar surface area (TPSA) is 51.0 Å². The summed E-state index contributed by atoms with van der Waals surface area (Å²) >= 11 is 1.42. The Hall–Kier alpha value is -2.28. The third-order valence-corrected chi connectivity index (χ3v) is 5.27. The van der Waals surface area contributed by atoms with E-state index in [2.05, 4.69) is 10.2 Å². The molecule has 1 saturated heterocycles. The molecule has 7 heteroatoms. The summed E-state index contributed by atoms with van der Waals surface area (Å²) in [6.07, 6.45) is 5.22. The van der Waals surface area contributed by atoms with E-state index < -0.39 is 0 Å². The predicted octanol–water partition coefficient (Wildman–Crippen LogP) is 2.94. The monoisotopic (exact) mass is 330 g/mol. The van der Waals surface area contributed by atoms with Gasteiger partial charge in [-0.1, -0.05) is 0 Å². The molecule has 0 saturated carbocycles. The number of rotatable bonds is 3. The van der Waals surface area contributed by atoms with Crippen molar-refractivity contribution in [2.24, 2.45) is 0 Å². The normalized spacial score (nSPS) is 18.0. The number of nitrogens with zero attached hydrogens (tertiary/aromatic N) is 4. The van der Waals surface area contributed by atoms with Crippen LogP contribution in [0.2, 0.25) is 0 Å². The Bertz CT molecular complexity index is 845. The minimum Gasteiger partial charge on any atom is -0.333 e. The Morgan fingerprint density at radius 3 is 2.96 bits per heavy atom. The third kappa shape index (κ3) is 2.72. The summed E-state index contributed by atoms with van der Waals surface area (Å²) in [7, 11) is 0. The average Bonchev–Trinajstić information content (AvgIpc) is 3.26. The molecule has 3 heterocycles. The van der Waals surface area contributed by atoms with Crippen LogP contribution in [0.25, 0.3) is 10.1 Å². The van der Waals surface area contributed by atoms with Crippen molar-refractivity contribution in [3.8, 4) is 0 Å². The van der Waals surface area contributed by atoms with E-state index in [0.717, 1.165) is 29.5 Å². The Morgan fingerprint density at radius 2 is 2.13 bits per heavy atom. The summed E-state index contributed by atoms with van der Waals surface area (Å²) in [6.45, 7) is 1.35. The van der Waals surface area contributed by atoms with Gasteiger partial charge in [0.15, 0.2) is 0 Å². The summed E-state index contributed by atoms with van der Waals surface area (Å²) in [5.41, 5.74) is 0. The van der Waals surface area contributed by atoms with Crippen molar-refractivity contribution in [2.45, 2.75) is 25.4 Å². The number of hydrogen-bond donors (Lipinski definition) is 0. The number of halogens is 1. The second kappa shape index (κ2) is 5.73. The molecule has 1 aromatic carbocycles. The highest BCUT2D eigenvalue weighted by atomic mass is 32.1. The average molecular weight is 330 g/mol. The lowest BCUT2D eigenvalue weighted by Gasteiger charge is -2.23. The number of carbonyl (C=O) groups is 1. The maximum atomic E-state index is 13.3. The van der Waals surface area contributed by atoms with Crippen LogP contribution in [-0.2, 0) is 6.54 Å². The minimum atomic E-state index is -0.280. The number of benzene rings is 1. The van der Waals surface area contributed by atoms with E-state index in [4.69, 9.17) is 0 Å². The molecule has 0 aliphatic carbocycles. The first-order chi connectivity index (χ1) is 11.2. The number of amides is 1. The molecule has 23 heavy (non-hydrogen) atoms. The Kier molecular flexibility index (Phi) is 3.57. The smallest absolute Gasteiger partial charge is 0.264 e. The van der Waals surface area contributed by atoms with Crippen molar-refractivity contribution >= 4 is 27.3 Å². The number of thiophene rings is 1. The zero-order valence-corrected chi connectivity index (χ0v) is 13.2. The maximum absolute atomic E-state index is 13.3. The van der Waals surface area contributed by atoms with Crippen molar-refractivity contribution < 1.29 is 9.18 Å². The van der Waals surface area contributed by atoms with Crippen LogP contribution in [0.15, 0.2) is 36.7 Å². The summed E-state index contributed by atoms with van der Waals surface area (Å²) < 4.78 is 14.2. The van der Waals surface area contributed by atoms with Gasteiger partial charge in [-0.2, -0.15) is 15.0 Å². The van der Waals surface area contributed by atoms with Gasteiger partial charge in [0.25, 0.3) is 5.91 Å². The predicted molar refractivity (Wildman–Crippen MR) is 85.9 cm³/mol. The first kappa shape index (κ1) is 14.3. The summed E-state index contributed by atoms with van der Waals surface area (Å²) in [5, 5.41) is 9.02. The molecule has 118 valence electrons. The zero-order chi connectivity index (χ0) is 15.8. The van der Waals surface area contributed by atoms with Gasteiger partial charge in [0.2, 0.25) is 0 Å². The Balaban J connectivity index is 1.58. The highest BCUT2D eigenvalue weighted by molar-refractivity contribution is 7.20. The van der Waals surface area contributed by atoms with Crippen molar-refractivity contribution in [3.05, 3.63) is 47.4 Å². The van der Waals surface area contributed by atoms with Gasteiger partial charge in [0.05, 0.1) is 29.9 Å². The quantitative estimate of drug-likeness (QED) is 0.742. The van der Waals surface area contributed by atoms with Crippen molar-refractivity contribution in [3.63, 3.8) is 0 Å². The highest BCUT2D eigenvalue weighted by Gasteiger charge is 2.30. The van der Waals surface area contributed by atoms with Gasteiger partial charge in [0.1, 0.15) is 5.82 Å². The Morgan fingerprint density at radius 1 is 1.30 bits per heavy atom. The molecule has 1 aliphatic rings. The summed E-state index contributed by atoms with van der Waals surface area (Å²) in [6, 6.07) is 6.51. The van der Waals surface area contributed by atoms with Gasteiger partial charge in [-0.15, -0.1) is 11.3 Å². The van der Waals surface area contributed by atoms with Gasteiger partial charge < -0.3 is 4.90 Å². The van der Waals surface area contributed by atoms with Crippen LogP contribution in [0.3, 0.4) is 0 Å². The number of carbonyl (C=O) groups excluding carboxylic acids is 1. The van der Waals surface area contributed by atoms with Gasteiger partial charge in [-0.05, 0) is 42.5 Å². The molecule has 1 amide bonds. The summed E-state index contributed by atoms with van der Waals surface area (Å²) in [5.74, 6) is -0.264. The van der Waals surface area contributed by atoms with Gasteiger partial charge in [-0.25, -0.2) is 4.39 Å². The number of aromatic nitrogens is 3. The van der Waals surface area contributed by atoms with Gasteiger partial charge in [0, 0.05) is 11.2 Å². The van der Waals surface area contributed by atoms with E-state index in [1.165, 1.54) is 23.5 Å². The van der Waals surface area contributed by atoms with E-state index in [1.54, 1.807) is 29.3 Å². The molecule has 0 radical (unpaired) electrons. The van der Waals surface area contributed by atoms with Crippen LogP contribution >= 0.6 is 11.3 Å². The summed E-state index contributed by atoms with van der Waals surface area (Å²) in [4.78, 5) is 17.0. The SMILES string of the molecule is O=C(c1cc2cc(F)ccc2s1)N1CCC[C@@H]1Cn1nccn1. The molecule has 1 fully saturated rings. The van der Waals surface area contributed by atoms with Crippen LogP contribution in [0.4, 0.5) is 4.39 Å². The van der Waals surface area contributed by atoms with Gasteiger partial charge in [-0.3, -0.25) is 4.79 Å². The molecule has 0 unspecified atom stereocenters. The van der Waals surface area contributed by atoms with E-state index in [0.29, 0.717) is 11.4 Å². The van der Waals surface area contributed by atoms with Crippen LogP contribution in [-0.4, -0.2) is 38.4 Å². The lowest BCUT2D eigenvalue weighted by Crippen LogP contribution is -2.38. The van der Waals surface area contributed by atoms with E-state index in [-0.39, 0.29) is 17.8 Å². The van der Waals surface area contributed by atoms with Crippen LogP contribution in [0, 0.1) is 5.82 Å². The number of fused-ring (bicyclic) bond motifs is 1. The molecule has 5 nitrogen and oxygen atoms in total. The standard InChI is InChI=1S/C16H15FN4OS/c17-12-3-4-14-11(8-12)9-15(23-14)16(22)20-7-1-2-13(20)10-21-18-5-6-19-21/h3-6,8-9,13H,1-2,7,10H2/t13-/m1/s1. The Labute approximate surface area is 136 Å². The van der Waals surface area contributed by atoms with E-state index in [1.807, 2.05) is 4.90 Å². The van der Waals surface area contributed by atoms with Crippen molar-refractivity contribution in [2.75, 3.05) is 6.54 Å². The van der Waals surface area contributed by atoms with E-state index in [9.17, 15) is 9.18 Å². The first-order valence-electron chi connectivity index (χ1n) is 7.55. The first-order valence-corrected chi connectivity index (χ1v) is 8.36. The fraction of sp³-hybridized carbons (Fsp3) is 0.312. The second-order valence-corrected chi connectivity index (χ2v) is 6.76. The number of hydrogen-bond acceptors (Lipinski definition) is 4. The maximum Gasteiger partial charge on any atom is 0.264 e. The molecular weight excluding hydrogens is 315 g/mol. The van der Waals surface area contributed by atoms with Gasteiger partial charge >= 0.3 is 0 Å². The number of likely N-dealkylation sites (tertiary alicyclic amines) is 1. The molecule has 4 rings (SSSR count). The van der Waals surface area contributed by atoms with Crippen molar-refractivity contribution in [1.82, 2.24) is 19.9 Å². The molecule has 2 aromatic heterocycles. The fourth-order valence-electron chi connectivity index (χ4n) is 3.08. The second-order valence-electron chi connectivity index (χ2n) is 5.67. The third-order valence-electron chi connectivity index (χ3n) is 4.17. The minimum absolute atomic E-state index is 0.0151. The van der Waals surface area contributed by atoms with Crippen LogP contribution < -0.4 is 0 Å². The molecule has 1 atom stereocenters. The lowest BCUT2D eigenvalue weighted by molar-refractivity contribution is 0.0723. The van der Waals surface area contributed by atoms with E-state index >= 15 is 0 Å².